The molecule has 0 amide bonds. The zero-order valence-electron chi connectivity index (χ0n) is 40.1. The summed E-state index contributed by atoms with van der Waals surface area (Å²) in [6.45, 7) is -5.65. The largest absolute Gasteiger partial charge is 0.500 e. The van der Waals surface area contributed by atoms with Gasteiger partial charge in [-0.25, -0.2) is 0 Å². The van der Waals surface area contributed by atoms with Crippen LogP contribution in [0, 0.1) is 38.1 Å². The van der Waals surface area contributed by atoms with E-state index >= 15 is 0 Å². The second-order valence-corrected chi connectivity index (χ2v) is 15.2. The van der Waals surface area contributed by atoms with Gasteiger partial charge in [0.2, 0.25) is 0 Å². The normalized spacial score (nSPS) is 18.8. The van der Waals surface area contributed by atoms with Crippen molar-refractivity contribution in [2.75, 3.05) is 0 Å². The summed E-state index contributed by atoms with van der Waals surface area (Å²) < 4.78 is 78.9. The molecule has 2 fully saturated rings. The van der Waals surface area contributed by atoms with Crippen molar-refractivity contribution in [3.05, 3.63) is 156 Å². The Labute approximate surface area is 357 Å². The van der Waals surface area contributed by atoms with Gasteiger partial charge >= 0.3 is 0 Å². The molecule has 2 aliphatic rings. The minimum absolute atomic E-state index is 0. The van der Waals surface area contributed by atoms with E-state index in [4.69, 9.17) is 15.4 Å². The average Bonchev–Trinajstić information content (AvgIpc) is 3.70. The van der Waals surface area contributed by atoms with E-state index in [-0.39, 0.29) is 31.2 Å². The van der Waals surface area contributed by atoms with Crippen LogP contribution in [-0.2, 0) is 20.1 Å². The molecule has 2 aliphatic carbocycles. The van der Waals surface area contributed by atoms with Gasteiger partial charge in [-0.05, 0) is 103 Å². The van der Waals surface area contributed by atoms with E-state index in [1.165, 1.54) is 50.6 Å². The molecule has 0 unspecified atom stereocenters. The number of hydrogen-bond acceptors (Lipinski definition) is 3. The molecule has 0 saturated heterocycles. The Balaban J connectivity index is 0.000000192. The van der Waals surface area contributed by atoms with Crippen LogP contribution in [0.5, 0.6) is 0 Å². The van der Waals surface area contributed by atoms with Gasteiger partial charge in [0, 0.05) is 55.6 Å². The quantitative estimate of drug-likeness (QED) is 0.165. The molecular weight excluding hydrogens is 861 g/mol. The van der Waals surface area contributed by atoms with E-state index in [1.807, 2.05) is 60.7 Å². The van der Waals surface area contributed by atoms with Gasteiger partial charge < -0.3 is 14.4 Å². The number of rotatable bonds is 4. The molecule has 283 valence electrons. The van der Waals surface area contributed by atoms with E-state index in [9.17, 15) is 1.37 Å². The minimum atomic E-state index is -2.33. The van der Waals surface area contributed by atoms with Gasteiger partial charge in [0.1, 0.15) is 5.58 Å². The molecule has 0 atom stereocenters. The monoisotopic (exact) mass is 918 g/mol. The summed E-state index contributed by atoms with van der Waals surface area (Å²) in [5, 5.41) is 4.17. The predicted octanol–water partition coefficient (Wildman–Crippen LogP) is 14.3. The van der Waals surface area contributed by atoms with Crippen LogP contribution in [0.25, 0.3) is 66.4 Å². The van der Waals surface area contributed by atoms with Crippen molar-refractivity contribution in [3.63, 3.8) is 0 Å². The Morgan fingerprint density at radius 3 is 2.29 bits per heavy atom. The molecular formula is C52H48IrN2O-2. The van der Waals surface area contributed by atoms with Crippen LogP contribution in [-0.4, -0.2) is 9.97 Å². The molecule has 1 spiro atoms. The zero-order valence-corrected chi connectivity index (χ0v) is 33.5. The van der Waals surface area contributed by atoms with E-state index in [0.717, 1.165) is 45.5 Å². The molecule has 56 heavy (non-hydrogen) atoms. The van der Waals surface area contributed by atoms with Crippen molar-refractivity contribution in [3.8, 4) is 33.6 Å². The second-order valence-electron chi connectivity index (χ2n) is 15.2. The third-order valence-corrected chi connectivity index (χ3v) is 11.8. The SMILES string of the molecule is [2H]C([2H])([2H])c1cnc(-c2[c-]ccc3c2oc2c4ccccc4ccc32)cc1C1([2H])CCC2(CCCCC2)CC1.[2H]C([2H])c1ccc(-c2[c-]cc(C([2H])([2H])[2H])c(-c3ccccc3)c2)nc1.[Ir]. The number of fused-ring (bicyclic) bond motifs is 5. The Morgan fingerprint density at radius 1 is 0.714 bits per heavy atom. The molecule has 3 nitrogen and oxygen atoms in total. The maximum absolute atomic E-state index is 9.57. The molecule has 8 aromatic rings. The zero-order chi connectivity index (χ0) is 44.9. The minimum Gasteiger partial charge on any atom is -0.500 e. The Hall–Kier alpha value is -4.89. The van der Waals surface area contributed by atoms with Crippen molar-refractivity contribution in [1.29, 1.82) is 0 Å². The number of aryl methyl sites for hydroxylation is 3. The third kappa shape index (κ3) is 7.50. The summed E-state index contributed by atoms with van der Waals surface area (Å²) in [5.41, 5.74) is 7.44. The van der Waals surface area contributed by atoms with Gasteiger partial charge in [0.25, 0.3) is 0 Å². The van der Waals surface area contributed by atoms with Crippen molar-refractivity contribution < 1.29 is 36.9 Å². The van der Waals surface area contributed by atoms with Crippen molar-refractivity contribution in [1.82, 2.24) is 9.97 Å². The second kappa shape index (κ2) is 16.3. The molecule has 0 N–H and O–H groups in total. The van der Waals surface area contributed by atoms with Gasteiger partial charge in [-0.3, -0.25) is 0 Å². The summed E-state index contributed by atoms with van der Waals surface area (Å²) >= 11 is 0. The summed E-state index contributed by atoms with van der Waals surface area (Å²) in [4.78, 5) is 8.92. The van der Waals surface area contributed by atoms with Gasteiger partial charge in [-0.2, -0.15) is 0 Å². The molecule has 4 heteroatoms. The number of benzene rings is 5. The van der Waals surface area contributed by atoms with Gasteiger partial charge in [-0.15, -0.1) is 47.5 Å². The fourth-order valence-corrected chi connectivity index (χ4v) is 8.76. The fourth-order valence-electron chi connectivity index (χ4n) is 8.76. The molecule has 3 aromatic heterocycles. The summed E-state index contributed by atoms with van der Waals surface area (Å²) in [6, 6.07) is 40.5. The number of nitrogens with zero attached hydrogens (tertiary/aromatic N) is 2. The van der Waals surface area contributed by atoms with Crippen LogP contribution in [0.2, 0.25) is 0 Å². The molecule has 10 rings (SSSR count). The first-order valence-corrected chi connectivity index (χ1v) is 19.3. The van der Waals surface area contributed by atoms with E-state index in [2.05, 4.69) is 46.4 Å². The molecule has 0 bridgehead atoms. The standard InChI is InChI=1S/C33H32NO.C19H16N.Ir/c1-22-21-34-30(20-29(22)24-14-18-33(19-15-24)16-5-2-6-17-33)28-11-7-10-26-27-13-12-23-8-3-4-9-25(23)31(27)35-32(26)28;1-14-8-11-19(20-13-14)17-10-9-15(2)18(12-17)16-6-4-3-5-7-16;/h3-4,7-10,12-13,20-21,24H,2,5-6,14-19H2,1H3;3-9,11-13H,1-2H3;/q2*-1;/i1D3,24D;1D2,2D3;. The van der Waals surface area contributed by atoms with E-state index in [0.29, 0.717) is 63.0 Å². The number of aromatic nitrogens is 2. The van der Waals surface area contributed by atoms with Crippen LogP contribution in [0.3, 0.4) is 0 Å². The Kier molecular flexibility index (Phi) is 8.29. The van der Waals surface area contributed by atoms with Crippen LogP contribution < -0.4 is 0 Å². The smallest absolute Gasteiger partial charge is 0.128 e. The molecule has 2 saturated carbocycles. The van der Waals surface area contributed by atoms with E-state index < -0.39 is 26.5 Å². The van der Waals surface area contributed by atoms with Crippen LogP contribution >= 0.6 is 0 Å². The van der Waals surface area contributed by atoms with E-state index in [1.54, 1.807) is 18.2 Å². The van der Waals surface area contributed by atoms with Gasteiger partial charge in [0.05, 0.1) is 5.58 Å². The van der Waals surface area contributed by atoms with Crippen LogP contribution in [0.15, 0.2) is 126 Å². The first kappa shape index (κ1) is 28.5. The van der Waals surface area contributed by atoms with Crippen molar-refractivity contribution in [2.24, 2.45) is 5.41 Å². The topological polar surface area (TPSA) is 38.9 Å². The summed E-state index contributed by atoms with van der Waals surface area (Å²) in [6.07, 6.45) is 12.7. The number of pyridine rings is 2. The maximum atomic E-state index is 9.57. The molecule has 0 aliphatic heterocycles. The summed E-state index contributed by atoms with van der Waals surface area (Å²) in [5.74, 6) is -0.942. The van der Waals surface area contributed by atoms with Crippen LogP contribution in [0.1, 0.15) is 98.3 Å². The number of furan rings is 1. The van der Waals surface area contributed by atoms with Crippen molar-refractivity contribution >= 4 is 32.7 Å². The fraction of sp³-hybridized carbons (Fsp3) is 0.269. The Morgan fingerprint density at radius 2 is 1.50 bits per heavy atom. The van der Waals surface area contributed by atoms with Crippen LogP contribution in [0.4, 0.5) is 0 Å². The molecule has 1 radical (unpaired) electrons. The maximum Gasteiger partial charge on any atom is 0.128 e. The first-order valence-electron chi connectivity index (χ1n) is 24.0. The molecule has 3 heterocycles. The summed E-state index contributed by atoms with van der Waals surface area (Å²) in [7, 11) is 0. The van der Waals surface area contributed by atoms with Gasteiger partial charge in [0.15, 0.2) is 0 Å². The van der Waals surface area contributed by atoms with Crippen molar-refractivity contribution in [2.45, 2.75) is 84.3 Å². The third-order valence-electron chi connectivity index (χ3n) is 11.8. The Bertz CT molecular complexity index is 2950. The molecule has 5 aromatic carbocycles. The first-order chi connectivity index (χ1) is 30.6. The number of hydrogen-bond donors (Lipinski definition) is 0. The van der Waals surface area contributed by atoms with Gasteiger partial charge in [-0.1, -0.05) is 128 Å². The average molecular weight is 918 g/mol. The predicted molar refractivity (Wildman–Crippen MR) is 228 cm³/mol.